The zero-order valence-electron chi connectivity index (χ0n) is 21.5. The summed E-state index contributed by atoms with van der Waals surface area (Å²) in [7, 11) is -3.98. The van der Waals surface area contributed by atoms with Gasteiger partial charge in [-0.05, 0) is 74.9 Å². The molecular formula is C27H29FN6O3S. The van der Waals surface area contributed by atoms with Gasteiger partial charge in [0.2, 0.25) is 21.7 Å². The van der Waals surface area contributed by atoms with Gasteiger partial charge in [-0.3, -0.25) is 9.97 Å². The average Bonchev–Trinajstić information content (AvgIpc) is 3.51. The summed E-state index contributed by atoms with van der Waals surface area (Å²) in [6, 6.07) is 7.61. The number of rotatable bonds is 8. The number of anilines is 1. The number of nitrogens with zero attached hydrogens (tertiary/aromatic N) is 4. The summed E-state index contributed by atoms with van der Waals surface area (Å²) >= 11 is 0. The maximum atomic E-state index is 14.3. The molecule has 2 N–H and O–H groups in total. The largest absolute Gasteiger partial charge is 0.380 e. The quantitative estimate of drug-likeness (QED) is 0.338. The molecular weight excluding hydrogens is 507 g/mol. The number of alkyl halides is 1. The van der Waals surface area contributed by atoms with Crippen molar-refractivity contribution in [2.45, 2.75) is 69.0 Å². The van der Waals surface area contributed by atoms with Crippen LogP contribution in [0.4, 0.5) is 10.1 Å². The summed E-state index contributed by atoms with van der Waals surface area (Å²) in [5.74, 6) is 1.27. The van der Waals surface area contributed by atoms with Gasteiger partial charge in [0, 0.05) is 48.1 Å². The highest BCUT2D eigenvalue weighted by Gasteiger charge is 2.33. The van der Waals surface area contributed by atoms with Crippen LogP contribution in [-0.4, -0.2) is 46.8 Å². The van der Waals surface area contributed by atoms with Gasteiger partial charge in [0.1, 0.15) is 11.4 Å². The molecule has 0 radical (unpaired) electrons. The van der Waals surface area contributed by atoms with Crippen molar-refractivity contribution >= 4 is 26.5 Å². The molecule has 1 aromatic carbocycles. The Hall–Kier alpha value is -3.44. The molecule has 9 nitrogen and oxygen atoms in total. The van der Waals surface area contributed by atoms with Gasteiger partial charge in [0.05, 0.1) is 16.8 Å². The van der Waals surface area contributed by atoms with Gasteiger partial charge in [0.15, 0.2) is 0 Å². The summed E-state index contributed by atoms with van der Waals surface area (Å²) in [5, 5.41) is 8.80. The van der Waals surface area contributed by atoms with Crippen molar-refractivity contribution in [2.24, 2.45) is 0 Å². The second-order valence-corrected chi connectivity index (χ2v) is 12.5. The fourth-order valence-electron chi connectivity index (χ4n) is 4.97. The van der Waals surface area contributed by atoms with E-state index in [1.807, 2.05) is 24.3 Å². The highest BCUT2D eigenvalue weighted by molar-refractivity contribution is 7.89. The molecule has 1 fully saturated rings. The number of aromatic nitrogens is 4. The minimum absolute atomic E-state index is 0.0377. The Balaban J connectivity index is 1.32. The minimum atomic E-state index is -3.98. The number of halogens is 1. The minimum Gasteiger partial charge on any atom is -0.380 e. The van der Waals surface area contributed by atoms with Crippen molar-refractivity contribution in [2.75, 3.05) is 11.9 Å². The fourth-order valence-corrected chi connectivity index (χ4v) is 6.65. The topological polar surface area (TPSA) is 123 Å². The molecule has 0 bridgehead atoms. The van der Waals surface area contributed by atoms with E-state index in [9.17, 15) is 12.8 Å². The van der Waals surface area contributed by atoms with Gasteiger partial charge in [-0.2, -0.15) is 4.98 Å². The number of aryl methyl sites for hydroxylation is 1. The SMILES string of the molecule is Cc1nc(-c2ccc(N[C@@H]3Cc4cc5cnc(C6CC6)cc5c(S(=O)(=O)NCC(C)(C)F)c4C3)cn2)no1. The molecule has 3 aromatic heterocycles. The van der Waals surface area contributed by atoms with Crippen LogP contribution in [0, 0.1) is 6.92 Å². The summed E-state index contributed by atoms with van der Waals surface area (Å²) in [6.45, 7) is 4.13. The first-order valence-electron chi connectivity index (χ1n) is 12.7. The predicted octanol–water partition coefficient (Wildman–Crippen LogP) is 4.47. The maximum Gasteiger partial charge on any atom is 0.241 e. The lowest BCUT2D eigenvalue weighted by Crippen LogP contribution is -2.36. The lowest BCUT2D eigenvalue weighted by Gasteiger charge is -2.18. The van der Waals surface area contributed by atoms with Crippen molar-refractivity contribution in [1.82, 2.24) is 24.8 Å². The molecule has 0 amide bonds. The van der Waals surface area contributed by atoms with Gasteiger partial charge < -0.3 is 9.84 Å². The Morgan fingerprint density at radius 2 is 1.95 bits per heavy atom. The van der Waals surface area contributed by atoms with E-state index in [-0.39, 0.29) is 17.5 Å². The second kappa shape index (κ2) is 9.09. The van der Waals surface area contributed by atoms with Crippen LogP contribution in [0.1, 0.15) is 55.3 Å². The Kier molecular flexibility index (Phi) is 5.95. The lowest BCUT2D eigenvalue weighted by atomic mass is 10.0. The number of fused-ring (bicyclic) bond motifs is 2. The molecule has 0 spiro atoms. The van der Waals surface area contributed by atoms with Crippen LogP contribution >= 0.6 is 0 Å². The van der Waals surface area contributed by atoms with E-state index in [0.717, 1.165) is 40.7 Å². The predicted molar refractivity (Wildman–Crippen MR) is 141 cm³/mol. The van der Waals surface area contributed by atoms with E-state index in [4.69, 9.17) is 4.52 Å². The van der Waals surface area contributed by atoms with Crippen LogP contribution in [0.2, 0.25) is 0 Å². The third kappa shape index (κ3) is 5.00. The van der Waals surface area contributed by atoms with Crippen molar-refractivity contribution in [3.63, 3.8) is 0 Å². The van der Waals surface area contributed by atoms with Crippen molar-refractivity contribution in [3.05, 3.63) is 59.4 Å². The molecule has 0 unspecified atom stereocenters. The van der Waals surface area contributed by atoms with E-state index in [2.05, 4.69) is 30.1 Å². The van der Waals surface area contributed by atoms with Crippen molar-refractivity contribution in [1.29, 1.82) is 0 Å². The molecule has 0 saturated heterocycles. The average molecular weight is 537 g/mol. The molecule has 11 heteroatoms. The molecule has 1 atom stereocenters. The molecule has 2 aliphatic carbocycles. The molecule has 198 valence electrons. The number of pyridine rings is 2. The summed E-state index contributed by atoms with van der Waals surface area (Å²) < 4.78 is 49.1. The van der Waals surface area contributed by atoms with Crippen molar-refractivity contribution < 1.29 is 17.3 Å². The number of sulfonamides is 1. The highest BCUT2D eigenvalue weighted by atomic mass is 32.2. The molecule has 38 heavy (non-hydrogen) atoms. The summed E-state index contributed by atoms with van der Waals surface area (Å²) in [4.78, 5) is 13.5. The normalized spacial score (nSPS) is 17.6. The van der Waals surface area contributed by atoms with Crippen LogP contribution in [0.25, 0.3) is 22.3 Å². The third-order valence-corrected chi connectivity index (χ3v) is 8.47. The maximum absolute atomic E-state index is 14.3. The van der Waals surface area contributed by atoms with Crippen LogP contribution in [0.15, 0.2) is 46.1 Å². The van der Waals surface area contributed by atoms with Crippen LogP contribution < -0.4 is 10.0 Å². The fraction of sp³-hybridized carbons (Fsp3) is 0.407. The van der Waals surface area contributed by atoms with Crippen molar-refractivity contribution in [3.8, 4) is 11.5 Å². The van der Waals surface area contributed by atoms with Crippen LogP contribution in [0.3, 0.4) is 0 Å². The second-order valence-electron chi connectivity index (χ2n) is 10.8. The molecule has 4 aromatic rings. The van der Waals surface area contributed by atoms with Gasteiger partial charge in [-0.1, -0.05) is 5.16 Å². The first-order chi connectivity index (χ1) is 18.1. The number of hydrogen-bond acceptors (Lipinski definition) is 8. The van der Waals surface area contributed by atoms with Crippen LogP contribution in [-0.2, 0) is 22.9 Å². The monoisotopic (exact) mass is 536 g/mol. The van der Waals surface area contributed by atoms with E-state index in [0.29, 0.717) is 41.6 Å². The van der Waals surface area contributed by atoms with Crippen LogP contribution in [0.5, 0.6) is 0 Å². The Bertz CT molecular complexity index is 1630. The number of benzene rings is 1. The Morgan fingerprint density at radius 3 is 2.61 bits per heavy atom. The Morgan fingerprint density at radius 1 is 1.13 bits per heavy atom. The van der Waals surface area contributed by atoms with Gasteiger partial charge in [-0.15, -0.1) is 0 Å². The van der Waals surface area contributed by atoms with Gasteiger partial charge >= 0.3 is 0 Å². The highest BCUT2D eigenvalue weighted by Crippen LogP contribution is 2.42. The zero-order valence-corrected chi connectivity index (χ0v) is 22.3. The molecule has 0 aliphatic heterocycles. The molecule has 3 heterocycles. The van der Waals surface area contributed by atoms with E-state index in [1.165, 1.54) is 13.8 Å². The van der Waals surface area contributed by atoms with Gasteiger partial charge in [-0.25, -0.2) is 17.5 Å². The van der Waals surface area contributed by atoms with E-state index in [1.54, 1.807) is 19.3 Å². The smallest absolute Gasteiger partial charge is 0.241 e. The van der Waals surface area contributed by atoms with E-state index < -0.39 is 15.7 Å². The Labute approximate surface area is 220 Å². The first-order valence-corrected chi connectivity index (χ1v) is 14.2. The molecule has 6 rings (SSSR count). The third-order valence-electron chi connectivity index (χ3n) is 6.95. The number of hydrogen-bond donors (Lipinski definition) is 2. The summed E-state index contributed by atoms with van der Waals surface area (Å²) in [5.41, 5.74) is 2.35. The zero-order chi connectivity index (χ0) is 26.7. The van der Waals surface area contributed by atoms with E-state index >= 15 is 0 Å². The number of nitrogens with one attached hydrogen (secondary N) is 2. The molecule has 1 saturated carbocycles. The first kappa shape index (κ1) is 24.9. The molecule has 2 aliphatic rings. The standard InChI is InChI=1S/C27H29FN6O3S/c1-15-32-26(34-37-15)23-7-6-19(13-30-23)33-20-9-17-8-18-12-29-24(16-4-5-16)11-22(18)25(21(17)10-20)38(35,36)31-14-27(2,3)28/h6-8,11-13,16,20,31,33H,4-5,9-10,14H2,1-3H3/t20-/m1/s1. The van der Waals surface area contributed by atoms with Gasteiger partial charge in [0.25, 0.3) is 0 Å². The lowest BCUT2D eigenvalue weighted by molar-refractivity contribution is 0.221. The summed E-state index contributed by atoms with van der Waals surface area (Å²) in [6.07, 6.45) is 6.74.